The van der Waals surface area contributed by atoms with Crippen molar-refractivity contribution in [2.24, 2.45) is 0 Å². The number of hydrogen-bond donors (Lipinski definition) is 1. The maximum Gasteiger partial charge on any atom is 0.103 e. The van der Waals surface area contributed by atoms with Gasteiger partial charge in [0.25, 0.3) is 0 Å². The van der Waals surface area contributed by atoms with Gasteiger partial charge >= 0.3 is 0 Å². The average molecular weight is 273 g/mol. The second kappa shape index (κ2) is 5.26. The van der Waals surface area contributed by atoms with Gasteiger partial charge in [-0.15, -0.1) is 0 Å². The maximum atomic E-state index is 9.32. The fourth-order valence-corrected chi connectivity index (χ4v) is 2.32. The molecule has 102 valence electrons. The van der Waals surface area contributed by atoms with Crippen molar-refractivity contribution >= 4 is 22.3 Å². The highest BCUT2D eigenvalue weighted by atomic mass is 14.9. The van der Waals surface area contributed by atoms with Crippen LogP contribution < -0.4 is 5.32 Å². The minimum Gasteiger partial charge on any atom is -0.354 e. The average Bonchev–Trinajstić information content (AvgIpc) is 2.51. The number of nitrogens with zero attached hydrogens (tertiary/aromatic N) is 2. The second-order valence-electron chi connectivity index (χ2n) is 5.10. The second-order valence-corrected chi connectivity index (χ2v) is 5.10. The molecule has 0 aliphatic heterocycles. The van der Waals surface area contributed by atoms with E-state index in [4.69, 9.17) is 0 Å². The Morgan fingerprint density at radius 3 is 2.62 bits per heavy atom. The van der Waals surface area contributed by atoms with Gasteiger partial charge in [0.05, 0.1) is 16.8 Å². The van der Waals surface area contributed by atoms with Gasteiger partial charge in [-0.05, 0) is 43.2 Å². The number of rotatable bonds is 2. The zero-order chi connectivity index (χ0) is 14.8. The Hall–Kier alpha value is -2.86. The topological polar surface area (TPSA) is 48.7 Å². The predicted octanol–water partition coefficient (Wildman–Crippen LogP) is 4.47. The first-order valence-electron chi connectivity index (χ1n) is 6.81. The highest BCUT2D eigenvalue weighted by Gasteiger charge is 2.09. The van der Waals surface area contributed by atoms with Crippen LogP contribution in [0.15, 0.2) is 48.7 Å². The number of pyridine rings is 1. The first-order chi connectivity index (χ1) is 10.2. The van der Waals surface area contributed by atoms with Crippen molar-refractivity contribution in [3.05, 3.63) is 65.4 Å². The number of anilines is 2. The van der Waals surface area contributed by atoms with Crippen LogP contribution in [0.25, 0.3) is 10.9 Å². The van der Waals surface area contributed by atoms with Gasteiger partial charge in [0, 0.05) is 17.3 Å². The van der Waals surface area contributed by atoms with E-state index >= 15 is 0 Å². The minimum absolute atomic E-state index is 0.548. The van der Waals surface area contributed by atoms with Crippen molar-refractivity contribution in [1.82, 2.24) is 4.98 Å². The summed E-state index contributed by atoms with van der Waals surface area (Å²) in [7, 11) is 0. The summed E-state index contributed by atoms with van der Waals surface area (Å²) in [4.78, 5) is 4.32. The Bertz CT molecular complexity index is 860. The number of nitrogens with one attached hydrogen (secondary N) is 1. The van der Waals surface area contributed by atoms with E-state index in [9.17, 15) is 5.26 Å². The Morgan fingerprint density at radius 1 is 1.05 bits per heavy atom. The lowest BCUT2D eigenvalue weighted by atomic mass is 10.1. The van der Waals surface area contributed by atoms with E-state index < -0.39 is 0 Å². The van der Waals surface area contributed by atoms with Crippen LogP contribution in [0.3, 0.4) is 0 Å². The lowest BCUT2D eigenvalue weighted by Gasteiger charge is -2.12. The van der Waals surface area contributed by atoms with Crippen molar-refractivity contribution < 1.29 is 0 Å². The van der Waals surface area contributed by atoms with Gasteiger partial charge in [-0.25, -0.2) is 0 Å². The molecule has 1 aromatic heterocycles. The quantitative estimate of drug-likeness (QED) is 0.749. The smallest absolute Gasteiger partial charge is 0.103 e. The van der Waals surface area contributed by atoms with E-state index in [1.54, 1.807) is 6.20 Å². The molecule has 0 saturated carbocycles. The molecular formula is C18H15N3. The lowest BCUT2D eigenvalue weighted by Crippen LogP contribution is -1.97. The zero-order valence-corrected chi connectivity index (χ0v) is 12.0. The summed E-state index contributed by atoms with van der Waals surface area (Å²) >= 11 is 0. The number of para-hydroxylation sites is 1. The summed E-state index contributed by atoms with van der Waals surface area (Å²) < 4.78 is 0. The monoisotopic (exact) mass is 273 g/mol. The molecule has 0 aliphatic carbocycles. The molecule has 2 aromatic carbocycles. The van der Waals surface area contributed by atoms with Crippen LogP contribution in [-0.2, 0) is 0 Å². The van der Waals surface area contributed by atoms with Crippen LogP contribution in [0.2, 0.25) is 0 Å². The number of aromatic nitrogens is 1. The summed E-state index contributed by atoms with van der Waals surface area (Å²) in [5.41, 5.74) is 5.68. The molecule has 0 bridgehead atoms. The first kappa shape index (κ1) is 13.1. The van der Waals surface area contributed by atoms with Gasteiger partial charge in [0.2, 0.25) is 0 Å². The largest absolute Gasteiger partial charge is 0.354 e. The highest BCUT2D eigenvalue weighted by molar-refractivity contribution is 5.95. The number of hydrogen-bond acceptors (Lipinski definition) is 3. The zero-order valence-electron chi connectivity index (χ0n) is 12.0. The molecule has 0 unspecified atom stereocenters. The number of aryl methyl sites for hydroxylation is 2. The van der Waals surface area contributed by atoms with Crippen molar-refractivity contribution in [1.29, 1.82) is 5.26 Å². The van der Waals surface area contributed by atoms with Crippen LogP contribution >= 0.6 is 0 Å². The van der Waals surface area contributed by atoms with Gasteiger partial charge in [0.1, 0.15) is 6.07 Å². The molecule has 0 radical (unpaired) electrons. The van der Waals surface area contributed by atoms with E-state index in [2.05, 4.69) is 42.4 Å². The predicted molar refractivity (Wildman–Crippen MR) is 85.7 cm³/mol. The highest BCUT2D eigenvalue weighted by Crippen LogP contribution is 2.29. The van der Waals surface area contributed by atoms with Crippen LogP contribution in [0.4, 0.5) is 11.4 Å². The van der Waals surface area contributed by atoms with Crippen LogP contribution in [-0.4, -0.2) is 4.98 Å². The molecule has 3 heteroatoms. The van der Waals surface area contributed by atoms with E-state index in [1.807, 2.05) is 30.3 Å². The molecule has 0 atom stereocenters. The van der Waals surface area contributed by atoms with Gasteiger partial charge in [0.15, 0.2) is 0 Å². The third-order valence-corrected chi connectivity index (χ3v) is 3.67. The molecule has 21 heavy (non-hydrogen) atoms. The molecule has 0 fully saturated rings. The van der Waals surface area contributed by atoms with Crippen molar-refractivity contribution in [3.8, 4) is 6.07 Å². The number of benzene rings is 2. The Labute approximate surface area is 123 Å². The van der Waals surface area contributed by atoms with Crippen LogP contribution in [0, 0.1) is 25.2 Å². The fourth-order valence-electron chi connectivity index (χ4n) is 2.32. The van der Waals surface area contributed by atoms with Crippen LogP contribution in [0.1, 0.15) is 16.7 Å². The molecular weight excluding hydrogens is 258 g/mol. The molecule has 3 aromatic rings. The van der Waals surface area contributed by atoms with Crippen molar-refractivity contribution in [3.63, 3.8) is 0 Å². The van der Waals surface area contributed by atoms with E-state index in [-0.39, 0.29) is 0 Å². The Balaban J connectivity index is 2.14. The molecule has 1 heterocycles. The summed E-state index contributed by atoms with van der Waals surface area (Å²) in [5.74, 6) is 0. The number of fused-ring (bicyclic) bond motifs is 1. The third-order valence-electron chi connectivity index (χ3n) is 3.67. The molecule has 0 saturated heterocycles. The molecule has 0 spiro atoms. The Kier molecular flexibility index (Phi) is 3.29. The van der Waals surface area contributed by atoms with Gasteiger partial charge in [-0.2, -0.15) is 5.26 Å². The van der Waals surface area contributed by atoms with E-state index in [1.165, 1.54) is 11.1 Å². The molecule has 3 nitrogen and oxygen atoms in total. The summed E-state index contributed by atoms with van der Waals surface area (Å²) in [5, 5.41) is 13.7. The molecule has 1 N–H and O–H groups in total. The maximum absolute atomic E-state index is 9.32. The fraction of sp³-hybridized carbons (Fsp3) is 0.111. The summed E-state index contributed by atoms with van der Waals surface area (Å²) in [6, 6.07) is 16.2. The van der Waals surface area contributed by atoms with Gasteiger partial charge < -0.3 is 5.32 Å². The standard InChI is InChI=1S/C18H15N3/c1-12-7-8-15(9-13(12)2)21-18-14(10-19)11-20-17-6-4-3-5-16(17)18/h3-9,11H,1-2H3,(H,20,21). The van der Waals surface area contributed by atoms with Gasteiger partial charge in [-0.1, -0.05) is 24.3 Å². The number of nitriles is 1. The van der Waals surface area contributed by atoms with E-state index in [0.717, 1.165) is 22.3 Å². The van der Waals surface area contributed by atoms with Gasteiger partial charge in [-0.3, -0.25) is 4.98 Å². The third kappa shape index (κ3) is 2.44. The summed E-state index contributed by atoms with van der Waals surface area (Å²) in [6.45, 7) is 4.16. The molecule has 3 rings (SSSR count). The first-order valence-corrected chi connectivity index (χ1v) is 6.81. The molecule has 0 amide bonds. The van der Waals surface area contributed by atoms with Crippen molar-refractivity contribution in [2.45, 2.75) is 13.8 Å². The minimum atomic E-state index is 0.548. The SMILES string of the molecule is Cc1ccc(Nc2c(C#N)cnc3ccccc23)cc1C. The molecule has 0 aliphatic rings. The Morgan fingerprint density at radius 2 is 1.86 bits per heavy atom. The summed E-state index contributed by atoms with van der Waals surface area (Å²) in [6.07, 6.45) is 1.62. The normalized spacial score (nSPS) is 10.3. The van der Waals surface area contributed by atoms with Crippen molar-refractivity contribution in [2.75, 3.05) is 5.32 Å². The van der Waals surface area contributed by atoms with Crippen LogP contribution in [0.5, 0.6) is 0 Å². The lowest BCUT2D eigenvalue weighted by molar-refractivity contribution is 1.33. The van der Waals surface area contributed by atoms with E-state index in [0.29, 0.717) is 5.56 Å².